The Balaban J connectivity index is 1.71. The van der Waals surface area contributed by atoms with Crippen LogP contribution in [0, 0.1) is 0 Å². The fraction of sp³-hybridized carbons (Fsp3) is 0.385. The summed E-state index contributed by atoms with van der Waals surface area (Å²) in [6, 6.07) is 4.54. The number of nitrogens with zero attached hydrogens (tertiary/aromatic N) is 3. The molecule has 110 valence electrons. The van der Waals surface area contributed by atoms with Gasteiger partial charge in [-0.25, -0.2) is 4.98 Å². The Hall–Kier alpha value is -1.93. The first kappa shape index (κ1) is 14.0. The predicted molar refractivity (Wildman–Crippen MR) is 78.3 cm³/mol. The monoisotopic (exact) mass is 305 g/mol. The summed E-state index contributed by atoms with van der Waals surface area (Å²) in [5.74, 6) is 0. The van der Waals surface area contributed by atoms with Gasteiger partial charge >= 0.3 is 11.1 Å². The van der Waals surface area contributed by atoms with Gasteiger partial charge in [-0.05, 0) is 36.2 Å². The summed E-state index contributed by atoms with van der Waals surface area (Å²) < 4.78 is 1.42. The van der Waals surface area contributed by atoms with Gasteiger partial charge < -0.3 is 5.32 Å². The smallest absolute Gasteiger partial charge is 0.310 e. The molecule has 0 bridgehead atoms. The molecule has 0 saturated heterocycles. The van der Waals surface area contributed by atoms with Crippen LogP contribution in [0.5, 0.6) is 0 Å². The van der Waals surface area contributed by atoms with Crippen molar-refractivity contribution in [3.8, 4) is 0 Å². The number of aromatic nitrogens is 4. The van der Waals surface area contributed by atoms with Gasteiger partial charge in [0.15, 0.2) is 5.16 Å². The van der Waals surface area contributed by atoms with E-state index in [-0.39, 0.29) is 0 Å². The largest absolute Gasteiger partial charge is 0.339 e. The molecule has 7 nitrogen and oxygen atoms in total. The fourth-order valence-corrected chi connectivity index (χ4v) is 2.51. The summed E-state index contributed by atoms with van der Waals surface area (Å²) in [5.41, 5.74) is -0.397. The Morgan fingerprint density at radius 2 is 2.24 bits per heavy atom. The van der Waals surface area contributed by atoms with Crippen LogP contribution in [-0.2, 0) is 13.6 Å². The zero-order valence-electron chi connectivity index (χ0n) is 11.5. The lowest BCUT2D eigenvalue weighted by atomic mass is 10.3. The minimum Gasteiger partial charge on any atom is -0.310 e. The van der Waals surface area contributed by atoms with Crippen LogP contribution in [0.15, 0.2) is 38.1 Å². The molecular weight excluding hydrogens is 290 g/mol. The van der Waals surface area contributed by atoms with Crippen molar-refractivity contribution in [2.24, 2.45) is 7.05 Å². The van der Waals surface area contributed by atoms with Gasteiger partial charge in [0.1, 0.15) is 5.03 Å². The lowest BCUT2D eigenvalue weighted by molar-refractivity contribution is 0.596. The molecule has 1 aliphatic carbocycles. The predicted octanol–water partition coefficient (Wildman–Crippen LogP) is 0.267. The maximum absolute atomic E-state index is 11.3. The third kappa shape index (κ3) is 3.59. The first-order valence-electron chi connectivity index (χ1n) is 6.65. The van der Waals surface area contributed by atoms with E-state index in [0.717, 1.165) is 17.1 Å². The van der Waals surface area contributed by atoms with Crippen molar-refractivity contribution >= 4 is 11.8 Å². The average Bonchev–Trinajstić information content (AvgIpc) is 3.28. The molecule has 21 heavy (non-hydrogen) atoms. The van der Waals surface area contributed by atoms with Gasteiger partial charge in [-0.15, -0.1) is 0 Å². The maximum Gasteiger partial charge on any atom is 0.339 e. The van der Waals surface area contributed by atoms with Crippen molar-refractivity contribution < 1.29 is 0 Å². The van der Waals surface area contributed by atoms with Crippen molar-refractivity contribution in [3.05, 3.63) is 44.6 Å². The number of aryl methyl sites for hydroxylation is 1. The van der Waals surface area contributed by atoms with Crippen LogP contribution in [0.4, 0.5) is 0 Å². The molecule has 2 aromatic rings. The molecular formula is C13H15N5O2S. The number of nitrogens with one attached hydrogen (secondary N) is 2. The van der Waals surface area contributed by atoms with E-state index in [9.17, 15) is 9.59 Å². The van der Waals surface area contributed by atoms with Gasteiger partial charge in [-0.3, -0.25) is 19.4 Å². The molecule has 1 fully saturated rings. The lowest BCUT2D eigenvalue weighted by Gasteiger charge is -2.06. The van der Waals surface area contributed by atoms with Gasteiger partial charge in [0.2, 0.25) is 0 Å². The molecule has 0 amide bonds. The molecule has 1 aliphatic rings. The first-order chi connectivity index (χ1) is 10.1. The van der Waals surface area contributed by atoms with Crippen LogP contribution in [0.1, 0.15) is 18.4 Å². The topological polar surface area (TPSA) is 92.7 Å². The highest BCUT2D eigenvalue weighted by Gasteiger charge is 2.19. The summed E-state index contributed by atoms with van der Waals surface area (Å²) in [6.45, 7) is 0.817. The minimum absolute atomic E-state index is 0.399. The van der Waals surface area contributed by atoms with Crippen LogP contribution in [-0.4, -0.2) is 25.8 Å². The van der Waals surface area contributed by atoms with Crippen LogP contribution in [0.25, 0.3) is 0 Å². The van der Waals surface area contributed by atoms with E-state index < -0.39 is 11.1 Å². The summed E-state index contributed by atoms with van der Waals surface area (Å²) in [5, 5.41) is 6.95. The van der Waals surface area contributed by atoms with Gasteiger partial charge in [0, 0.05) is 25.8 Å². The molecule has 2 N–H and O–H groups in total. The fourth-order valence-electron chi connectivity index (χ4n) is 1.77. The third-order valence-electron chi connectivity index (χ3n) is 3.11. The molecule has 0 aromatic carbocycles. The second kappa shape index (κ2) is 5.82. The quantitative estimate of drug-likeness (QED) is 0.770. The molecule has 2 heterocycles. The van der Waals surface area contributed by atoms with E-state index in [2.05, 4.69) is 20.4 Å². The van der Waals surface area contributed by atoms with Crippen LogP contribution in [0.2, 0.25) is 0 Å². The Morgan fingerprint density at radius 3 is 2.90 bits per heavy atom. The molecule has 0 radical (unpaired) electrons. The van der Waals surface area contributed by atoms with Gasteiger partial charge in [-0.2, -0.15) is 4.98 Å². The van der Waals surface area contributed by atoms with E-state index in [0.29, 0.717) is 11.2 Å². The average molecular weight is 305 g/mol. The molecule has 2 aromatic heterocycles. The zero-order valence-corrected chi connectivity index (χ0v) is 12.3. The van der Waals surface area contributed by atoms with Gasteiger partial charge in [-0.1, -0.05) is 6.07 Å². The Kier molecular flexibility index (Phi) is 3.89. The molecule has 3 rings (SSSR count). The zero-order chi connectivity index (χ0) is 14.8. The van der Waals surface area contributed by atoms with Crippen molar-refractivity contribution in [1.82, 2.24) is 25.1 Å². The van der Waals surface area contributed by atoms with E-state index in [1.54, 1.807) is 7.05 Å². The molecule has 1 saturated carbocycles. The van der Waals surface area contributed by atoms with E-state index in [1.165, 1.54) is 29.3 Å². The van der Waals surface area contributed by atoms with Gasteiger partial charge in [0.05, 0.1) is 0 Å². The molecule has 0 aliphatic heterocycles. The van der Waals surface area contributed by atoms with E-state index >= 15 is 0 Å². The Labute approximate surface area is 124 Å². The Bertz CT molecular complexity index is 748. The summed E-state index contributed by atoms with van der Waals surface area (Å²) in [7, 11) is 1.63. The highest BCUT2D eigenvalue weighted by molar-refractivity contribution is 7.99. The standard InChI is InChI=1S/C13H15N5O2S/c1-18-13(16-11(19)12(20)17-18)21-10-5-2-8(7-15-10)6-14-9-3-4-9/h2,5,7,9,14H,3-4,6H2,1H3,(H,17,20). The van der Waals surface area contributed by atoms with Crippen molar-refractivity contribution in [1.29, 1.82) is 0 Å². The summed E-state index contributed by atoms with van der Waals surface area (Å²) in [6.07, 6.45) is 4.32. The molecule has 0 atom stereocenters. The van der Waals surface area contributed by atoms with E-state index in [1.807, 2.05) is 18.3 Å². The second-order valence-electron chi connectivity index (χ2n) is 4.96. The number of rotatable bonds is 5. The molecule has 8 heteroatoms. The SMILES string of the molecule is Cn1[nH]c(=O)c(=O)nc1Sc1ccc(CNC2CC2)cn1. The second-order valence-corrected chi connectivity index (χ2v) is 5.95. The number of H-pyrrole nitrogens is 1. The molecule has 0 spiro atoms. The first-order valence-corrected chi connectivity index (χ1v) is 7.47. The van der Waals surface area contributed by atoms with Crippen LogP contribution >= 0.6 is 11.8 Å². The Morgan fingerprint density at radius 1 is 1.43 bits per heavy atom. The maximum atomic E-state index is 11.3. The van der Waals surface area contributed by atoms with E-state index in [4.69, 9.17) is 0 Å². The lowest BCUT2D eigenvalue weighted by Crippen LogP contribution is -2.33. The van der Waals surface area contributed by atoms with Crippen LogP contribution < -0.4 is 16.4 Å². The number of pyridine rings is 1. The van der Waals surface area contributed by atoms with Crippen molar-refractivity contribution in [2.45, 2.75) is 35.6 Å². The van der Waals surface area contributed by atoms with Gasteiger partial charge in [0.25, 0.3) is 0 Å². The van der Waals surface area contributed by atoms with Crippen LogP contribution in [0.3, 0.4) is 0 Å². The highest BCUT2D eigenvalue weighted by Crippen LogP contribution is 2.22. The summed E-state index contributed by atoms with van der Waals surface area (Å²) in [4.78, 5) is 30.5. The normalized spacial score (nSPS) is 14.3. The summed E-state index contributed by atoms with van der Waals surface area (Å²) >= 11 is 1.23. The number of aromatic amines is 1. The molecule has 0 unspecified atom stereocenters. The third-order valence-corrected chi connectivity index (χ3v) is 4.11. The number of hydrogen-bond donors (Lipinski definition) is 2. The number of hydrogen-bond acceptors (Lipinski definition) is 6. The van der Waals surface area contributed by atoms with Crippen molar-refractivity contribution in [3.63, 3.8) is 0 Å². The minimum atomic E-state index is -0.791. The highest BCUT2D eigenvalue weighted by atomic mass is 32.2. The van der Waals surface area contributed by atoms with Crippen molar-refractivity contribution in [2.75, 3.05) is 0 Å².